The summed E-state index contributed by atoms with van der Waals surface area (Å²) in [6, 6.07) is 7.64. The first-order chi connectivity index (χ1) is 12.1. The van der Waals surface area contributed by atoms with E-state index < -0.39 is 12.5 Å². The molecule has 0 saturated heterocycles. The number of methoxy groups -OCH3 is 1. The van der Waals surface area contributed by atoms with Crippen LogP contribution in [0, 0.1) is 0 Å². The second-order valence-electron chi connectivity index (χ2n) is 4.71. The van der Waals surface area contributed by atoms with Crippen molar-refractivity contribution in [1.29, 1.82) is 0 Å². The number of thiazole rings is 1. The predicted molar refractivity (Wildman–Crippen MR) is 87.4 cm³/mol. The number of aromatic nitrogens is 1. The van der Waals surface area contributed by atoms with Crippen LogP contribution in [0.25, 0.3) is 10.8 Å². The molecule has 0 fully saturated rings. The van der Waals surface area contributed by atoms with E-state index in [1.807, 2.05) is 0 Å². The summed E-state index contributed by atoms with van der Waals surface area (Å²) in [4.78, 5) is 16.5. The second kappa shape index (κ2) is 7.31. The van der Waals surface area contributed by atoms with Crippen LogP contribution in [0.15, 0.2) is 46.4 Å². The molecule has 2 aromatic heterocycles. The van der Waals surface area contributed by atoms with E-state index in [0.29, 0.717) is 10.8 Å². The van der Waals surface area contributed by atoms with Crippen LogP contribution in [-0.4, -0.2) is 24.6 Å². The van der Waals surface area contributed by atoms with Crippen molar-refractivity contribution in [3.63, 3.8) is 0 Å². The van der Waals surface area contributed by atoms with Crippen molar-refractivity contribution in [2.45, 2.75) is 6.61 Å². The van der Waals surface area contributed by atoms with Gasteiger partial charge in [-0.15, -0.1) is 11.3 Å². The number of alkyl halides is 2. The van der Waals surface area contributed by atoms with Gasteiger partial charge in [-0.2, -0.15) is 8.78 Å². The van der Waals surface area contributed by atoms with Gasteiger partial charge in [0.25, 0.3) is 5.91 Å². The molecule has 0 atom stereocenters. The Morgan fingerprint density at radius 2 is 2.16 bits per heavy atom. The molecule has 0 radical (unpaired) electrons. The Morgan fingerprint density at radius 3 is 2.84 bits per heavy atom. The van der Waals surface area contributed by atoms with Gasteiger partial charge in [-0.05, 0) is 24.3 Å². The summed E-state index contributed by atoms with van der Waals surface area (Å²) in [7, 11) is 1.33. The lowest BCUT2D eigenvalue weighted by atomic mass is 10.2. The number of rotatable bonds is 6. The minimum absolute atomic E-state index is 0.132. The molecule has 130 valence electrons. The topological polar surface area (TPSA) is 73.6 Å². The third-order valence-electron chi connectivity index (χ3n) is 3.11. The number of carbonyl (C=O) groups is 1. The zero-order chi connectivity index (χ0) is 17.8. The van der Waals surface area contributed by atoms with Crippen LogP contribution in [0.3, 0.4) is 0 Å². The van der Waals surface area contributed by atoms with Crippen LogP contribution in [0.5, 0.6) is 11.5 Å². The highest BCUT2D eigenvalue weighted by molar-refractivity contribution is 7.13. The number of halogens is 2. The average Bonchev–Trinajstić information content (AvgIpc) is 3.26. The third kappa shape index (κ3) is 3.94. The zero-order valence-electron chi connectivity index (χ0n) is 12.9. The number of furan rings is 1. The van der Waals surface area contributed by atoms with Crippen LogP contribution in [0.2, 0.25) is 0 Å². The molecule has 0 aliphatic heterocycles. The average molecular weight is 366 g/mol. The molecule has 3 rings (SSSR count). The molecule has 0 bridgehead atoms. The van der Waals surface area contributed by atoms with Gasteiger partial charge in [-0.1, -0.05) is 0 Å². The molecule has 9 heteroatoms. The highest BCUT2D eigenvalue weighted by atomic mass is 32.1. The van der Waals surface area contributed by atoms with Gasteiger partial charge >= 0.3 is 6.61 Å². The minimum Gasteiger partial charge on any atom is -0.493 e. The van der Waals surface area contributed by atoms with E-state index in [-0.39, 0.29) is 22.9 Å². The Labute approximate surface area is 145 Å². The quantitative estimate of drug-likeness (QED) is 0.705. The van der Waals surface area contributed by atoms with E-state index in [1.54, 1.807) is 17.5 Å². The molecule has 0 saturated carbocycles. The van der Waals surface area contributed by atoms with Gasteiger partial charge in [-0.3, -0.25) is 4.79 Å². The van der Waals surface area contributed by atoms with Crippen molar-refractivity contribution in [2.75, 3.05) is 12.4 Å². The molecule has 3 aromatic rings. The summed E-state index contributed by atoms with van der Waals surface area (Å²) in [6.07, 6.45) is 1.51. The number of hydrogen-bond acceptors (Lipinski definition) is 6. The van der Waals surface area contributed by atoms with Crippen molar-refractivity contribution < 1.29 is 27.5 Å². The Hall–Kier alpha value is -2.94. The fourth-order valence-electron chi connectivity index (χ4n) is 2.03. The van der Waals surface area contributed by atoms with Crippen molar-refractivity contribution in [2.24, 2.45) is 0 Å². The molecule has 1 amide bonds. The normalized spacial score (nSPS) is 10.7. The zero-order valence-corrected chi connectivity index (χ0v) is 13.7. The smallest absolute Gasteiger partial charge is 0.387 e. The molecule has 1 aromatic carbocycles. The first-order valence-electron chi connectivity index (χ1n) is 7.00. The molecule has 0 aliphatic carbocycles. The van der Waals surface area contributed by atoms with Gasteiger partial charge < -0.3 is 19.2 Å². The van der Waals surface area contributed by atoms with Gasteiger partial charge in [-0.25, -0.2) is 4.98 Å². The van der Waals surface area contributed by atoms with Gasteiger partial charge in [0.2, 0.25) is 0 Å². The van der Waals surface area contributed by atoms with E-state index in [4.69, 9.17) is 9.15 Å². The molecule has 1 N–H and O–H groups in total. The lowest BCUT2D eigenvalue weighted by molar-refractivity contribution is -0.0511. The van der Waals surface area contributed by atoms with Crippen LogP contribution >= 0.6 is 11.3 Å². The minimum atomic E-state index is -3.01. The van der Waals surface area contributed by atoms with Crippen molar-refractivity contribution in [1.82, 2.24) is 4.98 Å². The standard InChI is InChI=1S/C16H12F2N2O4S/c1-22-11-5-4-9(7-13(11)24-16(17)18)19-14(21)10-8-25-15(20-10)12-3-2-6-23-12/h2-8,16H,1H3,(H,19,21). The van der Waals surface area contributed by atoms with E-state index in [9.17, 15) is 13.6 Å². The van der Waals surface area contributed by atoms with Crippen molar-refractivity contribution in [3.05, 3.63) is 47.7 Å². The Balaban J connectivity index is 1.76. The maximum Gasteiger partial charge on any atom is 0.387 e. The molecule has 0 spiro atoms. The van der Waals surface area contributed by atoms with Crippen LogP contribution in [0.4, 0.5) is 14.5 Å². The largest absolute Gasteiger partial charge is 0.493 e. The number of benzene rings is 1. The number of amides is 1. The first-order valence-corrected chi connectivity index (χ1v) is 7.88. The van der Waals surface area contributed by atoms with E-state index in [2.05, 4.69) is 15.0 Å². The van der Waals surface area contributed by atoms with E-state index in [1.165, 1.54) is 42.9 Å². The maximum atomic E-state index is 12.5. The summed E-state index contributed by atoms with van der Waals surface area (Å²) in [5.74, 6) is 0.0280. The van der Waals surface area contributed by atoms with E-state index in [0.717, 1.165) is 0 Å². The van der Waals surface area contributed by atoms with Crippen LogP contribution in [-0.2, 0) is 0 Å². The molecule has 25 heavy (non-hydrogen) atoms. The molecule has 2 heterocycles. The summed E-state index contributed by atoms with van der Waals surface area (Å²) >= 11 is 1.25. The number of hydrogen-bond donors (Lipinski definition) is 1. The fourth-order valence-corrected chi connectivity index (χ4v) is 2.80. The highest BCUT2D eigenvalue weighted by Crippen LogP contribution is 2.32. The van der Waals surface area contributed by atoms with Crippen LogP contribution in [0.1, 0.15) is 10.5 Å². The number of ether oxygens (including phenoxy) is 2. The lowest BCUT2D eigenvalue weighted by Gasteiger charge is -2.11. The summed E-state index contributed by atoms with van der Waals surface area (Å²) in [5, 5.41) is 4.71. The lowest BCUT2D eigenvalue weighted by Crippen LogP contribution is -2.12. The Bertz CT molecular complexity index is 865. The van der Waals surface area contributed by atoms with Gasteiger partial charge in [0, 0.05) is 17.1 Å². The fraction of sp³-hybridized carbons (Fsp3) is 0.125. The summed E-state index contributed by atoms with van der Waals surface area (Å²) in [5.41, 5.74) is 0.456. The molecule has 0 unspecified atom stereocenters. The van der Waals surface area contributed by atoms with Crippen molar-refractivity contribution in [3.8, 4) is 22.3 Å². The maximum absolute atomic E-state index is 12.5. The first kappa shape index (κ1) is 16.9. The molecule has 6 nitrogen and oxygen atoms in total. The number of anilines is 1. The number of carbonyl (C=O) groups excluding carboxylic acids is 1. The van der Waals surface area contributed by atoms with E-state index >= 15 is 0 Å². The predicted octanol–water partition coefficient (Wildman–Crippen LogP) is 4.27. The number of nitrogens with one attached hydrogen (secondary N) is 1. The number of nitrogens with zero attached hydrogens (tertiary/aromatic N) is 1. The molecular formula is C16H12F2N2O4S. The summed E-state index contributed by atoms with van der Waals surface area (Å²) < 4.78 is 39.5. The summed E-state index contributed by atoms with van der Waals surface area (Å²) in [6.45, 7) is -3.01. The van der Waals surface area contributed by atoms with Gasteiger partial charge in [0.15, 0.2) is 22.3 Å². The van der Waals surface area contributed by atoms with Crippen molar-refractivity contribution >= 4 is 22.9 Å². The Kier molecular flexibility index (Phi) is 4.94. The van der Waals surface area contributed by atoms with Crippen LogP contribution < -0.4 is 14.8 Å². The third-order valence-corrected chi connectivity index (χ3v) is 3.96. The molecule has 0 aliphatic rings. The molecular weight excluding hydrogens is 354 g/mol. The van der Waals surface area contributed by atoms with Gasteiger partial charge in [0.05, 0.1) is 13.4 Å². The second-order valence-corrected chi connectivity index (χ2v) is 5.57. The SMILES string of the molecule is COc1ccc(NC(=O)c2csc(-c3ccco3)n2)cc1OC(F)F. The highest BCUT2D eigenvalue weighted by Gasteiger charge is 2.16. The Morgan fingerprint density at radius 1 is 1.32 bits per heavy atom. The monoisotopic (exact) mass is 366 g/mol. The van der Waals surface area contributed by atoms with Gasteiger partial charge in [0.1, 0.15) is 5.69 Å².